The topological polar surface area (TPSA) is 120 Å². The van der Waals surface area contributed by atoms with Crippen LogP contribution in [0.2, 0.25) is 0 Å². The lowest BCUT2D eigenvalue weighted by atomic mass is 10.1. The van der Waals surface area contributed by atoms with E-state index in [-0.39, 0.29) is 0 Å². The molecule has 0 aliphatic heterocycles. The summed E-state index contributed by atoms with van der Waals surface area (Å²) in [6, 6.07) is 0. The number of unbranched alkanes of at least 4 members (excludes halogenated alkanes) is 19. The maximum atomic E-state index is 5.67. The Kier molecular flexibility index (Phi) is 60.0. The molecule has 62 heavy (non-hydrogen) atoms. The highest BCUT2D eigenvalue weighted by Gasteiger charge is 1.99. The van der Waals surface area contributed by atoms with Gasteiger partial charge in [0, 0.05) is 13.2 Å². The monoisotopic (exact) mass is 897 g/mol. The highest BCUT2D eigenvalue weighted by Crippen LogP contribution is 2.12. The molecule has 0 N–H and O–H groups in total. The Morgan fingerprint density at radius 3 is 0.387 bits per heavy atom. The van der Waals surface area contributed by atoms with Crippen molar-refractivity contribution in [3.05, 3.63) is 0 Å². The first-order valence-electron chi connectivity index (χ1n) is 25.4. The molecule has 0 rings (SSSR count). The Balaban J connectivity index is 3.06. The molecular weight excluding hydrogens is 797 g/mol. The van der Waals surface area contributed by atoms with Crippen LogP contribution in [0.3, 0.4) is 0 Å². The first-order chi connectivity index (χ1) is 30.9. The zero-order valence-electron chi connectivity index (χ0n) is 40.5. The number of ether oxygens (including phenoxy) is 13. The SMILES string of the molecule is CCCCCCCCCCCCCOCCOCCOCCOCCOCCOCCOCCOCCOCCOCCOCCOCCOCCCCCCCCCCCC. The third-order valence-corrected chi connectivity index (χ3v) is 10.00. The van der Waals surface area contributed by atoms with Gasteiger partial charge in [0.15, 0.2) is 0 Å². The molecule has 0 unspecified atom stereocenters. The molecule has 0 spiro atoms. The van der Waals surface area contributed by atoms with Crippen LogP contribution in [0.25, 0.3) is 0 Å². The molecule has 374 valence electrons. The minimum atomic E-state index is 0.518. The van der Waals surface area contributed by atoms with Crippen LogP contribution in [0.1, 0.15) is 149 Å². The molecule has 0 saturated heterocycles. The van der Waals surface area contributed by atoms with E-state index in [0.717, 1.165) is 26.1 Å². The molecule has 0 atom stereocenters. The van der Waals surface area contributed by atoms with E-state index >= 15 is 0 Å². The van der Waals surface area contributed by atoms with Crippen molar-refractivity contribution in [2.45, 2.75) is 149 Å². The van der Waals surface area contributed by atoms with Crippen LogP contribution in [-0.4, -0.2) is 172 Å². The van der Waals surface area contributed by atoms with E-state index in [4.69, 9.17) is 61.6 Å². The summed E-state index contributed by atoms with van der Waals surface area (Å²) in [4.78, 5) is 0. The molecule has 0 heterocycles. The van der Waals surface area contributed by atoms with Crippen LogP contribution in [0.15, 0.2) is 0 Å². The van der Waals surface area contributed by atoms with E-state index in [2.05, 4.69) is 13.8 Å². The summed E-state index contributed by atoms with van der Waals surface area (Å²) in [7, 11) is 0. The number of hydrogen-bond donors (Lipinski definition) is 0. The van der Waals surface area contributed by atoms with Gasteiger partial charge in [-0.25, -0.2) is 0 Å². The van der Waals surface area contributed by atoms with Crippen molar-refractivity contribution in [2.24, 2.45) is 0 Å². The largest absolute Gasteiger partial charge is 0.379 e. The third kappa shape index (κ3) is 59.5. The van der Waals surface area contributed by atoms with E-state index in [1.807, 2.05) is 0 Å². The van der Waals surface area contributed by atoms with Gasteiger partial charge in [0.2, 0.25) is 0 Å². The molecule has 0 aromatic heterocycles. The Morgan fingerprint density at radius 2 is 0.242 bits per heavy atom. The second kappa shape index (κ2) is 60.5. The molecule has 0 fully saturated rings. The molecule has 0 amide bonds. The van der Waals surface area contributed by atoms with Crippen LogP contribution in [0, 0.1) is 0 Å². The number of hydrogen-bond acceptors (Lipinski definition) is 13. The fourth-order valence-corrected chi connectivity index (χ4v) is 6.30. The molecule has 0 aliphatic rings. The summed E-state index contributed by atoms with van der Waals surface area (Å²) < 4.78 is 72.3. The molecule has 13 heteroatoms. The Hall–Kier alpha value is -0.520. The number of rotatable bonds is 59. The molecule has 13 nitrogen and oxygen atoms in total. The second-order valence-corrected chi connectivity index (χ2v) is 15.7. The lowest BCUT2D eigenvalue weighted by molar-refractivity contribution is -0.0290. The van der Waals surface area contributed by atoms with Crippen LogP contribution >= 0.6 is 0 Å². The lowest BCUT2D eigenvalue weighted by Crippen LogP contribution is -2.15. The zero-order valence-corrected chi connectivity index (χ0v) is 40.5. The van der Waals surface area contributed by atoms with E-state index < -0.39 is 0 Å². The van der Waals surface area contributed by atoms with Gasteiger partial charge in [-0.2, -0.15) is 0 Å². The highest BCUT2D eigenvalue weighted by atomic mass is 16.6. The van der Waals surface area contributed by atoms with Gasteiger partial charge < -0.3 is 61.6 Å². The van der Waals surface area contributed by atoms with Crippen LogP contribution < -0.4 is 0 Å². The summed E-state index contributed by atoms with van der Waals surface area (Å²) in [5.41, 5.74) is 0. The van der Waals surface area contributed by atoms with Gasteiger partial charge in [-0.15, -0.1) is 0 Å². The van der Waals surface area contributed by atoms with Gasteiger partial charge in [0.25, 0.3) is 0 Å². The van der Waals surface area contributed by atoms with Gasteiger partial charge in [0.1, 0.15) is 0 Å². The maximum absolute atomic E-state index is 5.67. The minimum absolute atomic E-state index is 0.518. The maximum Gasteiger partial charge on any atom is 0.0701 e. The van der Waals surface area contributed by atoms with Crippen LogP contribution in [-0.2, 0) is 61.6 Å². The summed E-state index contributed by atoms with van der Waals surface area (Å²) in [6.07, 6.45) is 28.3. The van der Waals surface area contributed by atoms with Gasteiger partial charge in [0.05, 0.1) is 159 Å². The van der Waals surface area contributed by atoms with Gasteiger partial charge >= 0.3 is 0 Å². The van der Waals surface area contributed by atoms with Crippen molar-refractivity contribution in [1.82, 2.24) is 0 Å². The molecule has 0 saturated carbocycles. The van der Waals surface area contributed by atoms with Crippen molar-refractivity contribution in [2.75, 3.05) is 172 Å². The first-order valence-corrected chi connectivity index (χ1v) is 25.4. The van der Waals surface area contributed by atoms with Crippen molar-refractivity contribution in [1.29, 1.82) is 0 Å². The van der Waals surface area contributed by atoms with Crippen LogP contribution in [0.5, 0.6) is 0 Å². The second-order valence-electron chi connectivity index (χ2n) is 15.7. The quantitative estimate of drug-likeness (QED) is 0.0540. The Bertz CT molecular complexity index is 695. The average molecular weight is 897 g/mol. The van der Waals surface area contributed by atoms with Crippen molar-refractivity contribution >= 4 is 0 Å². The first kappa shape index (κ1) is 61.5. The van der Waals surface area contributed by atoms with Gasteiger partial charge in [-0.3, -0.25) is 0 Å². The smallest absolute Gasteiger partial charge is 0.0701 e. The Morgan fingerprint density at radius 1 is 0.129 bits per heavy atom. The standard InChI is InChI=1S/C49H100O13/c1-3-5-7-9-11-13-15-17-19-21-23-25-51-27-29-53-31-33-55-35-37-57-39-41-59-43-45-61-47-49-62-48-46-60-44-42-58-40-38-56-36-34-54-32-30-52-28-26-50-24-22-20-18-16-14-12-10-8-6-4-2/h3-49H2,1-2H3. The molecule has 0 bridgehead atoms. The molecule has 0 aromatic rings. The van der Waals surface area contributed by atoms with Gasteiger partial charge in [-0.1, -0.05) is 136 Å². The normalized spacial score (nSPS) is 11.7. The fraction of sp³-hybridized carbons (Fsp3) is 1.00. The summed E-state index contributed by atoms with van der Waals surface area (Å²) in [5, 5.41) is 0. The van der Waals surface area contributed by atoms with E-state index in [1.54, 1.807) is 0 Å². The minimum Gasteiger partial charge on any atom is -0.379 e. The molecule has 0 aliphatic carbocycles. The van der Waals surface area contributed by atoms with Crippen LogP contribution in [0.4, 0.5) is 0 Å². The van der Waals surface area contributed by atoms with E-state index in [9.17, 15) is 0 Å². The van der Waals surface area contributed by atoms with Crippen molar-refractivity contribution < 1.29 is 61.6 Å². The van der Waals surface area contributed by atoms with Gasteiger partial charge in [-0.05, 0) is 12.8 Å². The lowest BCUT2D eigenvalue weighted by Gasteiger charge is -2.09. The molecular formula is C49H100O13. The summed E-state index contributed by atoms with van der Waals surface area (Å²) in [6.45, 7) is 19.4. The summed E-state index contributed by atoms with van der Waals surface area (Å²) in [5.74, 6) is 0. The van der Waals surface area contributed by atoms with Crippen molar-refractivity contribution in [3.63, 3.8) is 0 Å². The average Bonchev–Trinajstić information content (AvgIpc) is 3.28. The van der Waals surface area contributed by atoms with E-state index in [0.29, 0.717) is 159 Å². The zero-order chi connectivity index (χ0) is 44.4. The fourth-order valence-electron chi connectivity index (χ4n) is 6.30. The Labute approximate surface area is 381 Å². The molecule has 0 aromatic carbocycles. The van der Waals surface area contributed by atoms with Crippen molar-refractivity contribution in [3.8, 4) is 0 Å². The predicted molar refractivity (Wildman–Crippen MR) is 249 cm³/mol. The van der Waals surface area contributed by atoms with E-state index in [1.165, 1.54) is 122 Å². The third-order valence-electron chi connectivity index (χ3n) is 10.00. The molecule has 0 radical (unpaired) electrons. The summed E-state index contributed by atoms with van der Waals surface area (Å²) >= 11 is 0. The predicted octanol–water partition coefficient (Wildman–Crippen LogP) is 9.43. The highest BCUT2D eigenvalue weighted by molar-refractivity contribution is 4.49.